The van der Waals surface area contributed by atoms with E-state index in [0.717, 1.165) is 17.8 Å². The van der Waals surface area contributed by atoms with Gasteiger partial charge in [-0.05, 0) is 30.4 Å². The van der Waals surface area contributed by atoms with Crippen molar-refractivity contribution in [1.29, 1.82) is 0 Å². The lowest BCUT2D eigenvalue weighted by Crippen LogP contribution is -2.08. The minimum absolute atomic E-state index is 0.104. The average Bonchev–Trinajstić information content (AvgIpc) is 2.24. The first-order chi connectivity index (χ1) is 7.84. The van der Waals surface area contributed by atoms with E-state index in [1.807, 2.05) is 0 Å². The molecule has 1 aromatic rings. The quantitative estimate of drug-likeness (QED) is 0.846. The fourth-order valence-electron chi connectivity index (χ4n) is 1.38. The molecule has 1 rings (SSSR count). The Bertz CT molecular complexity index is 416. The van der Waals surface area contributed by atoms with Crippen molar-refractivity contribution in [3.63, 3.8) is 0 Å². The molecule has 0 aliphatic heterocycles. The van der Waals surface area contributed by atoms with Gasteiger partial charge in [0.2, 0.25) is 0 Å². The molecule has 0 saturated carbocycles. The van der Waals surface area contributed by atoms with Gasteiger partial charge in [-0.1, -0.05) is 6.07 Å². The Balaban J connectivity index is 3.01. The minimum atomic E-state index is -4.41. The smallest absolute Gasteiger partial charge is 0.417 e. The number of halogens is 3. The summed E-state index contributed by atoms with van der Waals surface area (Å²) >= 11 is 1.02. The van der Waals surface area contributed by atoms with Crippen LogP contribution >= 0.6 is 11.8 Å². The first kappa shape index (κ1) is 13.9. The topological polar surface area (TPSA) is 37.3 Å². The standard InChI is InChI=1S/C11H11F3O2S/c1-17-9-4-2-7(3-5-10(15)16)6-8(9)11(12,13)14/h2,4,6H,3,5H2,1H3,(H,15,16). The normalized spacial score (nSPS) is 11.5. The second-order valence-electron chi connectivity index (χ2n) is 3.43. The van der Waals surface area contributed by atoms with E-state index in [1.54, 1.807) is 6.26 Å². The van der Waals surface area contributed by atoms with Crippen LogP contribution in [0.1, 0.15) is 17.5 Å². The third kappa shape index (κ3) is 3.96. The number of aryl methyl sites for hydroxylation is 1. The maximum atomic E-state index is 12.7. The number of benzene rings is 1. The maximum absolute atomic E-state index is 12.7. The Morgan fingerprint density at radius 3 is 2.53 bits per heavy atom. The van der Waals surface area contributed by atoms with Crippen molar-refractivity contribution in [1.82, 2.24) is 0 Å². The predicted molar refractivity (Wildman–Crippen MR) is 59.2 cm³/mol. The van der Waals surface area contributed by atoms with Gasteiger partial charge in [-0.15, -0.1) is 11.8 Å². The molecular formula is C11H11F3O2S. The molecule has 94 valence electrons. The van der Waals surface area contributed by atoms with Crippen molar-refractivity contribution in [3.8, 4) is 0 Å². The summed E-state index contributed by atoms with van der Waals surface area (Å²) in [4.78, 5) is 10.5. The number of hydrogen-bond acceptors (Lipinski definition) is 2. The highest BCUT2D eigenvalue weighted by molar-refractivity contribution is 7.98. The second-order valence-corrected chi connectivity index (χ2v) is 4.27. The van der Waals surface area contributed by atoms with E-state index in [1.165, 1.54) is 12.1 Å². The molecule has 0 spiro atoms. The van der Waals surface area contributed by atoms with E-state index >= 15 is 0 Å². The molecule has 0 bridgehead atoms. The Labute approximate surface area is 101 Å². The Morgan fingerprint density at radius 2 is 2.06 bits per heavy atom. The highest BCUT2D eigenvalue weighted by Crippen LogP contribution is 2.36. The van der Waals surface area contributed by atoms with Gasteiger partial charge in [0.15, 0.2) is 0 Å². The molecule has 0 unspecified atom stereocenters. The van der Waals surface area contributed by atoms with Gasteiger partial charge in [0.25, 0.3) is 0 Å². The number of aliphatic carboxylic acids is 1. The van der Waals surface area contributed by atoms with Gasteiger partial charge < -0.3 is 5.11 Å². The van der Waals surface area contributed by atoms with E-state index < -0.39 is 17.7 Å². The van der Waals surface area contributed by atoms with Crippen LogP contribution in [-0.2, 0) is 17.4 Å². The molecular weight excluding hydrogens is 253 g/mol. The lowest BCUT2D eigenvalue weighted by molar-refractivity contribution is -0.139. The number of carbonyl (C=O) groups is 1. The number of carboxylic acids is 1. The molecule has 0 amide bonds. The SMILES string of the molecule is CSc1ccc(CCC(=O)O)cc1C(F)(F)F. The molecule has 6 heteroatoms. The van der Waals surface area contributed by atoms with Crippen LogP contribution in [0.3, 0.4) is 0 Å². The Kier molecular flexibility index (Phi) is 4.45. The van der Waals surface area contributed by atoms with Crippen LogP contribution in [0.5, 0.6) is 0 Å². The maximum Gasteiger partial charge on any atom is 0.417 e. The third-order valence-electron chi connectivity index (χ3n) is 2.20. The molecule has 0 aliphatic carbocycles. The largest absolute Gasteiger partial charge is 0.481 e. The van der Waals surface area contributed by atoms with Gasteiger partial charge in [-0.25, -0.2) is 0 Å². The summed E-state index contributed by atoms with van der Waals surface area (Å²) in [5, 5.41) is 8.48. The summed E-state index contributed by atoms with van der Waals surface area (Å²) in [5.74, 6) is -1.02. The summed E-state index contributed by atoms with van der Waals surface area (Å²) < 4.78 is 38.1. The molecule has 1 N–H and O–H groups in total. The van der Waals surface area contributed by atoms with Crippen LogP contribution in [0.2, 0.25) is 0 Å². The van der Waals surface area contributed by atoms with Crippen molar-refractivity contribution >= 4 is 17.7 Å². The van der Waals surface area contributed by atoms with Crippen LogP contribution in [0.4, 0.5) is 13.2 Å². The highest BCUT2D eigenvalue weighted by atomic mass is 32.2. The molecule has 0 saturated heterocycles. The summed E-state index contributed by atoms with van der Waals surface area (Å²) in [6.45, 7) is 0. The Hall–Kier alpha value is -1.17. The van der Waals surface area contributed by atoms with Gasteiger partial charge in [0.1, 0.15) is 0 Å². The van der Waals surface area contributed by atoms with E-state index in [4.69, 9.17) is 5.11 Å². The zero-order chi connectivity index (χ0) is 13.1. The molecule has 0 heterocycles. The van der Waals surface area contributed by atoms with Crippen LogP contribution < -0.4 is 0 Å². The van der Waals surface area contributed by atoms with Crippen molar-refractivity contribution in [2.24, 2.45) is 0 Å². The number of carboxylic acid groups (broad SMARTS) is 1. The molecule has 0 radical (unpaired) electrons. The molecule has 0 aliphatic rings. The first-order valence-corrected chi connectivity index (χ1v) is 6.03. The Morgan fingerprint density at radius 1 is 1.41 bits per heavy atom. The monoisotopic (exact) mass is 264 g/mol. The van der Waals surface area contributed by atoms with Gasteiger partial charge in [-0.3, -0.25) is 4.79 Å². The fourth-order valence-corrected chi connectivity index (χ4v) is 1.98. The van der Waals surface area contributed by atoms with Crippen molar-refractivity contribution in [2.75, 3.05) is 6.26 Å². The van der Waals surface area contributed by atoms with Crippen LogP contribution in [0.25, 0.3) is 0 Å². The number of rotatable bonds is 4. The lowest BCUT2D eigenvalue weighted by Gasteiger charge is -2.12. The molecule has 1 aromatic carbocycles. The predicted octanol–water partition coefficient (Wildman–Crippen LogP) is 3.44. The van der Waals surface area contributed by atoms with E-state index in [0.29, 0.717) is 5.56 Å². The second kappa shape index (κ2) is 5.44. The molecule has 2 nitrogen and oxygen atoms in total. The van der Waals surface area contributed by atoms with Crippen LogP contribution in [-0.4, -0.2) is 17.3 Å². The summed E-state index contributed by atoms with van der Waals surface area (Å²) in [5.41, 5.74) is -0.314. The van der Waals surface area contributed by atoms with Crippen LogP contribution in [0.15, 0.2) is 23.1 Å². The van der Waals surface area contributed by atoms with E-state index in [9.17, 15) is 18.0 Å². The number of alkyl halides is 3. The van der Waals surface area contributed by atoms with Crippen molar-refractivity contribution in [2.45, 2.75) is 23.9 Å². The summed E-state index contributed by atoms with van der Waals surface area (Å²) in [6.07, 6.45) is -2.90. The summed E-state index contributed by atoms with van der Waals surface area (Å²) in [7, 11) is 0. The third-order valence-corrected chi connectivity index (χ3v) is 2.99. The molecule has 0 aromatic heterocycles. The number of thioether (sulfide) groups is 1. The molecule has 0 fully saturated rings. The molecule has 0 atom stereocenters. The number of hydrogen-bond donors (Lipinski definition) is 1. The van der Waals surface area contributed by atoms with E-state index in [2.05, 4.69) is 0 Å². The zero-order valence-electron chi connectivity index (χ0n) is 9.04. The van der Waals surface area contributed by atoms with Crippen molar-refractivity contribution < 1.29 is 23.1 Å². The molecule has 17 heavy (non-hydrogen) atoms. The average molecular weight is 264 g/mol. The van der Waals surface area contributed by atoms with Gasteiger partial charge in [0.05, 0.1) is 5.56 Å². The van der Waals surface area contributed by atoms with E-state index in [-0.39, 0.29) is 17.7 Å². The van der Waals surface area contributed by atoms with Gasteiger partial charge >= 0.3 is 12.1 Å². The first-order valence-electron chi connectivity index (χ1n) is 4.80. The van der Waals surface area contributed by atoms with Gasteiger partial charge in [-0.2, -0.15) is 13.2 Å². The van der Waals surface area contributed by atoms with Crippen LogP contribution in [0, 0.1) is 0 Å². The highest BCUT2D eigenvalue weighted by Gasteiger charge is 2.33. The van der Waals surface area contributed by atoms with Gasteiger partial charge in [0, 0.05) is 11.3 Å². The zero-order valence-corrected chi connectivity index (χ0v) is 9.86. The fraction of sp³-hybridized carbons (Fsp3) is 0.364. The van der Waals surface area contributed by atoms with Crippen molar-refractivity contribution in [3.05, 3.63) is 29.3 Å². The summed E-state index contributed by atoms with van der Waals surface area (Å²) in [6, 6.07) is 3.93. The minimum Gasteiger partial charge on any atom is -0.481 e. The lowest BCUT2D eigenvalue weighted by atomic mass is 10.1.